The fraction of sp³-hybridized carbons (Fsp3) is 0.300. The van der Waals surface area contributed by atoms with Crippen LogP contribution in [0.4, 0.5) is 5.69 Å². The summed E-state index contributed by atoms with van der Waals surface area (Å²) in [5.74, 6) is 0.772. The maximum absolute atomic E-state index is 5.93. The van der Waals surface area contributed by atoms with Crippen LogP contribution >= 0.6 is 11.6 Å². The van der Waals surface area contributed by atoms with E-state index in [1.807, 2.05) is 6.07 Å². The molecule has 15 heavy (non-hydrogen) atoms. The van der Waals surface area contributed by atoms with Crippen LogP contribution in [0.3, 0.4) is 0 Å². The highest BCUT2D eigenvalue weighted by molar-refractivity contribution is 6.33. The molecule has 1 aliphatic heterocycles. The number of halogens is 1. The molecule has 0 aromatic carbocycles. The molecule has 1 aliphatic rings. The lowest BCUT2D eigenvalue weighted by atomic mass is 10.4. The van der Waals surface area contributed by atoms with Crippen LogP contribution in [-0.4, -0.2) is 24.7 Å². The minimum absolute atomic E-state index is 0.559. The van der Waals surface area contributed by atoms with Crippen molar-refractivity contribution in [3.63, 3.8) is 0 Å². The molecular formula is C10H11ClN2O2. The van der Waals surface area contributed by atoms with E-state index >= 15 is 0 Å². The Morgan fingerprint density at radius 2 is 2.40 bits per heavy atom. The number of pyridine rings is 1. The summed E-state index contributed by atoms with van der Waals surface area (Å²) < 4.78 is 10.5. The Balaban J connectivity index is 1.93. The minimum atomic E-state index is 0.559. The van der Waals surface area contributed by atoms with Gasteiger partial charge in [-0.15, -0.1) is 0 Å². The van der Waals surface area contributed by atoms with Gasteiger partial charge in [-0.3, -0.25) is 4.98 Å². The molecule has 80 valence electrons. The van der Waals surface area contributed by atoms with Crippen molar-refractivity contribution in [1.29, 1.82) is 0 Å². The summed E-state index contributed by atoms with van der Waals surface area (Å²) >= 11 is 5.93. The third-order valence-corrected chi connectivity index (χ3v) is 2.23. The van der Waals surface area contributed by atoms with Gasteiger partial charge < -0.3 is 14.8 Å². The number of ether oxygens (including phenoxy) is 2. The average molecular weight is 227 g/mol. The van der Waals surface area contributed by atoms with E-state index in [1.54, 1.807) is 18.7 Å². The molecule has 0 saturated carbocycles. The zero-order chi connectivity index (χ0) is 10.5. The monoisotopic (exact) mass is 226 g/mol. The predicted octanol–water partition coefficient (Wildman–Crippen LogP) is 2.04. The van der Waals surface area contributed by atoms with E-state index < -0.39 is 0 Å². The molecule has 0 aliphatic carbocycles. The fourth-order valence-electron chi connectivity index (χ4n) is 1.20. The second-order valence-corrected chi connectivity index (χ2v) is 3.42. The SMILES string of the molecule is Clc1cnccc1NCC1=COCCO1. The molecule has 0 bridgehead atoms. The fourth-order valence-corrected chi connectivity index (χ4v) is 1.39. The second kappa shape index (κ2) is 4.89. The van der Waals surface area contributed by atoms with E-state index in [4.69, 9.17) is 21.1 Å². The summed E-state index contributed by atoms with van der Waals surface area (Å²) in [5, 5.41) is 3.73. The van der Waals surface area contributed by atoms with E-state index in [-0.39, 0.29) is 0 Å². The van der Waals surface area contributed by atoms with Crippen molar-refractivity contribution < 1.29 is 9.47 Å². The van der Waals surface area contributed by atoms with Crippen molar-refractivity contribution in [2.45, 2.75) is 0 Å². The zero-order valence-corrected chi connectivity index (χ0v) is 8.83. The Kier molecular flexibility index (Phi) is 3.29. The standard InChI is InChI=1S/C10H11ClN2O2/c11-9-6-12-2-1-10(9)13-5-8-7-14-3-4-15-8/h1-2,6-7H,3-5H2,(H,12,13). The van der Waals surface area contributed by atoms with Gasteiger partial charge in [-0.25, -0.2) is 0 Å². The van der Waals surface area contributed by atoms with E-state index in [9.17, 15) is 0 Å². The molecule has 0 fully saturated rings. The summed E-state index contributed by atoms with van der Waals surface area (Å²) in [5.41, 5.74) is 0.835. The van der Waals surface area contributed by atoms with Gasteiger partial charge in [-0.2, -0.15) is 0 Å². The molecule has 4 nitrogen and oxygen atoms in total. The first-order valence-electron chi connectivity index (χ1n) is 4.63. The summed E-state index contributed by atoms with van der Waals surface area (Å²) in [6.45, 7) is 1.76. The van der Waals surface area contributed by atoms with Gasteiger partial charge in [0.05, 0.1) is 17.3 Å². The van der Waals surface area contributed by atoms with Gasteiger partial charge in [0, 0.05) is 12.4 Å². The molecule has 0 radical (unpaired) electrons. The second-order valence-electron chi connectivity index (χ2n) is 3.01. The molecule has 1 aromatic rings. The third kappa shape index (κ3) is 2.76. The number of nitrogens with one attached hydrogen (secondary N) is 1. The van der Waals surface area contributed by atoms with Crippen LogP contribution < -0.4 is 5.32 Å². The number of aromatic nitrogens is 1. The molecule has 0 spiro atoms. The summed E-state index contributed by atoms with van der Waals surface area (Å²) in [4.78, 5) is 3.90. The largest absolute Gasteiger partial charge is 0.494 e. The Labute approximate surface area is 92.9 Å². The molecule has 1 N–H and O–H groups in total. The number of hydrogen-bond acceptors (Lipinski definition) is 4. The van der Waals surface area contributed by atoms with Crippen LogP contribution in [-0.2, 0) is 9.47 Å². The van der Waals surface area contributed by atoms with Crippen LogP contribution in [0.15, 0.2) is 30.5 Å². The molecule has 1 aromatic heterocycles. The molecule has 0 saturated heterocycles. The molecule has 5 heteroatoms. The van der Waals surface area contributed by atoms with Crippen molar-refractivity contribution >= 4 is 17.3 Å². The van der Waals surface area contributed by atoms with E-state index in [2.05, 4.69) is 10.3 Å². The molecule has 0 amide bonds. The normalized spacial score (nSPS) is 14.9. The molecule has 0 unspecified atom stereocenters. The Morgan fingerprint density at radius 1 is 1.47 bits per heavy atom. The highest BCUT2D eigenvalue weighted by atomic mass is 35.5. The van der Waals surface area contributed by atoms with Crippen LogP contribution in [0, 0.1) is 0 Å². The topological polar surface area (TPSA) is 43.4 Å². The van der Waals surface area contributed by atoms with Crippen LogP contribution in [0.25, 0.3) is 0 Å². The zero-order valence-electron chi connectivity index (χ0n) is 8.07. The predicted molar refractivity (Wildman–Crippen MR) is 57.7 cm³/mol. The van der Waals surface area contributed by atoms with Crippen molar-refractivity contribution in [2.24, 2.45) is 0 Å². The first-order valence-corrected chi connectivity index (χ1v) is 5.01. The van der Waals surface area contributed by atoms with Gasteiger partial charge in [0.25, 0.3) is 0 Å². The maximum Gasteiger partial charge on any atom is 0.149 e. The first-order chi connectivity index (χ1) is 7.36. The van der Waals surface area contributed by atoms with E-state index in [0.29, 0.717) is 24.8 Å². The highest BCUT2D eigenvalue weighted by Gasteiger charge is 2.05. The van der Waals surface area contributed by atoms with E-state index in [1.165, 1.54) is 0 Å². The van der Waals surface area contributed by atoms with Crippen molar-refractivity contribution in [2.75, 3.05) is 25.1 Å². The van der Waals surface area contributed by atoms with Crippen molar-refractivity contribution in [3.05, 3.63) is 35.5 Å². The van der Waals surface area contributed by atoms with Crippen molar-refractivity contribution in [1.82, 2.24) is 4.98 Å². The van der Waals surface area contributed by atoms with Gasteiger partial charge in [0.15, 0.2) is 0 Å². The lowest BCUT2D eigenvalue weighted by molar-refractivity contribution is 0.0843. The molecule has 2 rings (SSSR count). The van der Waals surface area contributed by atoms with Gasteiger partial charge in [0.2, 0.25) is 0 Å². The Bertz CT molecular complexity index is 368. The maximum atomic E-state index is 5.93. The molecule has 2 heterocycles. The average Bonchev–Trinajstić information content (AvgIpc) is 2.29. The molecule has 0 atom stereocenters. The number of nitrogens with zero attached hydrogens (tertiary/aromatic N) is 1. The number of hydrogen-bond donors (Lipinski definition) is 1. The summed E-state index contributed by atoms with van der Waals surface area (Å²) in [6.07, 6.45) is 4.89. The van der Waals surface area contributed by atoms with Gasteiger partial charge in [0.1, 0.15) is 25.2 Å². The van der Waals surface area contributed by atoms with Crippen molar-refractivity contribution in [3.8, 4) is 0 Å². The molecular weight excluding hydrogens is 216 g/mol. The quantitative estimate of drug-likeness (QED) is 0.857. The number of anilines is 1. The van der Waals surface area contributed by atoms with Gasteiger partial charge in [-0.1, -0.05) is 11.6 Å². The first kappa shape index (κ1) is 10.1. The third-order valence-electron chi connectivity index (χ3n) is 1.93. The lowest BCUT2D eigenvalue weighted by Crippen LogP contribution is -2.15. The Morgan fingerprint density at radius 3 is 3.13 bits per heavy atom. The number of rotatable bonds is 3. The Hall–Kier alpha value is -1.42. The summed E-state index contributed by atoms with van der Waals surface area (Å²) in [7, 11) is 0. The van der Waals surface area contributed by atoms with Crippen LogP contribution in [0.2, 0.25) is 5.02 Å². The van der Waals surface area contributed by atoms with Crippen LogP contribution in [0.5, 0.6) is 0 Å². The van der Waals surface area contributed by atoms with Gasteiger partial charge >= 0.3 is 0 Å². The van der Waals surface area contributed by atoms with E-state index in [0.717, 1.165) is 11.4 Å². The lowest BCUT2D eigenvalue weighted by Gasteiger charge is -2.16. The highest BCUT2D eigenvalue weighted by Crippen LogP contribution is 2.19. The summed E-state index contributed by atoms with van der Waals surface area (Å²) in [6, 6.07) is 1.81. The minimum Gasteiger partial charge on any atom is -0.494 e. The van der Waals surface area contributed by atoms with Crippen LogP contribution in [0.1, 0.15) is 0 Å². The van der Waals surface area contributed by atoms with Gasteiger partial charge in [-0.05, 0) is 6.07 Å². The smallest absolute Gasteiger partial charge is 0.149 e.